The van der Waals surface area contributed by atoms with Crippen LogP contribution in [-0.4, -0.2) is 23.4 Å². The molecule has 2 unspecified atom stereocenters. The zero-order valence-electron chi connectivity index (χ0n) is 12.9. The number of hydrogen-bond acceptors (Lipinski definition) is 3. The smallest absolute Gasteiger partial charge is 0.416 e. The van der Waals surface area contributed by atoms with E-state index in [0.717, 1.165) is 12.0 Å². The van der Waals surface area contributed by atoms with Gasteiger partial charge < -0.3 is 4.74 Å². The summed E-state index contributed by atoms with van der Waals surface area (Å²) in [5.41, 5.74) is 0.919. The monoisotopic (exact) mass is 289 g/mol. The SMILES string of the molecule is CC1CC(C)[C@@H](C)CN(C(=O)OCc2ccccc2)C1=O. The van der Waals surface area contributed by atoms with E-state index in [1.807, 2.05) is 37.3 Å². The van der Waals surface area contributed by atoms with Gasteiger partial charge in [-0.15, -0.1) is 0 Å². The van der Waals surface area contributed by atoms with Gasteiger partial charge >= 0.3 is 6.09 Å². The summed E-state index contributed by atoms with van der Waals surface area (Å²) in [5.74, 6) is 0.470. The van der Waals surface area contributed by atoms with Crippen molar-refractivity contribution in [3.8, 4) is 0 Å². The second-order valence-corrected chi connectivity index (χ2v) is 6.08. The molecular formula is C17H23NO3. The van der Waals surface area contributed by atoms with E-state index in [0.29, 0.717) is 18.4 Å². The molecule has 1 aliphatic heterocycles. The van der Waals surface area contributed by atoms with Crippen LogP contribution >= 0.6 is 0 Å². The molecular weight excluding hydrogens is 266 g/mol. The average Bonchev–Trinajstić information content (AvgIpc) is 2.58. The van der Waals surface area contributed by atoms with Gasteiger partial charge in [-0.05, 0) is 23.8 Å². The van der Waals surface area contributed by atoms with Crippen molar-refractivity contribution in [2.45, 2.75) is 33.8 Å². The second-order valence-electron chi connectivity index (χ2n) is 6.08. The van der Waals surface area contributed by atoms with E-state index in [-0.39, 0.29) is 18.4 Å². The third-order valence-electron chi connectivity index (χ3n) is 4.28. The van der Waals surface area contributed by atoms with Crippen LogP contribution in [0.4, 0.5) is 4.79 Å². The number of carbonyl (C=O) groups is 2. The van der Waals surface area contributed by atoms with Gasteiger partial charge in [0.1, 0.15) is 6.61 Å². The molecule has 1 fully saturated rings. The quantitative estimate of drug-likeness (QED) is 0.837. The van der Waals surface area contributed by atoms with Gasteiger partial charge in [-0.1, -0.05) is 51.1 Å². The lowest BCUT2D eigenvalue weighted by molar-refractivity contribution is -0.132. The summed E-state index contributed by atoms with van der Waals surface area (Å²) < 4.78 is 5.29. The molecule has 0 radical (unpaired) electrons. The molecule has 1 heterocycles. The van der Waals surface area contributed by atoms with Crippen LogP contribution in [0.1, 0.15) is 32.8 Å². The highest BCUT2D eigenvalue weighted by Crippen LogP contribution is 2.27. The molecule has 21 heavy (non-hydrogen) atoms. The Hall–Kier alpha value is -1.84. The van der Waals surface area contributed by atoms with Gasteiger partial charge in [-0.2, -0.15) is 0 Å². The van der Waals surface area contributed by atoms with Gasteiger partial charge in [0.05, 0.1) is 0 Å². The van der Waals surface area contributed by atoms with Gasteiger partial charge in [0.25, 0.3) is 0 Å². The minimum Gasteiger partial charge on any atom is -0.444 e. The lowest BCUT2D eigenvalue weighted by Gasteiger charge is -2.22. The van der Waals surface area contributed by atoms with Crippen LogP contribution in [-0.2, 0) is 16.1 Å². The van der Waals surface area contributed by atoms with Crippen LogP contribution in [0.25, 0.3) is 0 Å². The van der Waals surface area contributed by atoms with Crippen LogP contribution in [0.2, 0.25) is 0 Å². The average molecular weight is 289 g/mol. The zero-order valence-corrected chi connectivity index (χ0v) is 12.9. The summed E-state index contributed by atoms with van der Waals surface area (Å²) in [6.07, 6.45) is 0.291. The summed E-state index contributed by atoms with van der Waals surface area (Å²) in [4.78, 5) is 25.8. The molecule has 114 valence electrons. The maximum atomic E-state index is 12.3. The molecule has 0 N–H and O–H groups in total. The first-order chi connectivity index (χ1) is 9.99. The van der Waals surface area contributed by atoms with E-state index < -0.39 is 6.09 Å². The molecule has 2 rings (SSSR count). The van der Waals surface area contributed by atoms with Crippen molar-refractivity contribution in [1.29, 1.82) is 0 Å². The molecule has 0 aliphatic carbocycles. The Morgan fingerprint density at radius 2 is 1.86 bits per heavy atom. The van der Waals surface area contributed by atoms with Crippen LogP contribution in [0, 0.1) is 17.8 Å². The topological polar surface area (TPSA) is 46.6 Å². The van der Waals surface area contributed by atoms with Gasteiger partial charge in [0.15, 0.2) is 0 Å². The van der Waals surface area contributed by atoms with E-state index in [2.05, 4.69) is 13.8 Å². The Labute approximate surface area is 126 Å². The molecule has 3 atom stereocenters. The lowest BCUT2D eigenvalue weighted by Crippen LogP contribution is -2.41. The molecule has 0 aromatic heterocycles. The van der Waals surface area contributed by atoms with Crippen LogP contribution in [0.15, 0.2) is 30.3 Å². The van der Waals surface area contributed by atoms with Gasteiger partial charge in [0, 0.05) is 12.5 Å². The summed E-state index contributed by atoms with van der Waals surface area (Å²) in [6, 6.07) is 9.49. The fraction of sp³-hybridized carbons (Fsp3) is 0.529. The largest absolute Gasteiger partial charge is 0.444 e. The number of nitrogens with zero attached hydrogens (tertiary/aromatic N) is 1. The third kappa shape index (κ3) is 3.84. The number of carbonyl (C=O) groups excluding carboxylic acids is 2. The van der Waals surface area contributed by atoms with E-state index in [9.17, 15) is 9.59 Å². The maximum absolute atomic E-state index is 12.3. The van der Waals surface area contributed by atoms with Crippen molar-refractivity contribution in [2.75, 3.05) is 6.54 Å². The van der Waals surface area contributed by atoms with Crippen molar-refractivity contribution in [2.24, 2.45) is 17.8 Å². The summed E-state index contributed by atoms with van der Waals surface area (Å²) in [5, 5.41) is 0. The summed E-state index contributed by atoms with van der Waals surface area (Å²) in [7, 11) is 0. The first-order valence-electron chi connectivity index (χ1n) is 7.51. The van der Waals surface area contributed by atoms with Gasteiger partial charge in [0.2, 0.25) is 5.91 Å². The Bertz CT molecular complexity index is 500. The number of imide groups is 1. The fourth-order valence-corrected chi connectivity index (χ4v) is 2.68. The summed E-state index contributed by atoms with van der Waals surface area (Å²) in [6.45, 7) is 6.73. The maximum Gasteiger partial charge on any atom is 0.416 e. The number of likely N-dealkylation sites (tertiary alicyclic amines) is 1. The number of hydrogen-bond donors (Lipinski definition) is 0. The molecule has 1 aliphatic rings. The molecule has 4 heteroatoms. The molecule has 0 spiro atoms. The minimum atomic E-state index is -0.531. The van der Waals surface area contributed by atoms with E-state index in [1.165, 1.54) is 4.90 Å². The van der Waals surface area contributed by atoms with Crippen LogP contribution < -0.4 is 0 Å². The van der Waals surface area contributed by atoms with E-state index in [4.69, 9.17) is 4.74 Å². The minimum absolute atomic E-state index is 0.121. The molecule has 2 amide bonds. The van der Waals surface area contributed by atoms with E-state index in [1.54, 1.807) is 0 Å². The predicted molar refractivity (Wildman–Crippen MR) is 80.4 cm³/mol. The number of rotatable bonds is 2. The second kappa shape index (κ2) is 6.74. The highest BCUT2D eigenvalue weighted by atomic mass is 16.6. The first kappa shape index (κ1) is 15.5. The van der Waals surface area contributed by atoms with Crippen LogP contribution in [0.5, 0.6) is 0 Å². The first-order valence-corrected chi connectivity index (χ1v) is 7.51. The lowest BCUT2D eigenvalue weighted by atomic mass is 9.89. The molecule has 0 saturated carbocycles. The fourth-order valence-electron chi connectivity index (χ4n) is 2.68. The van der Waals surface area contributed by atoms with Gasteiger partial charge in [-0.25, -0.2) is 9.69 Å². The predicted octanol–water partition coefficient (Wildman–Crippen LogP) is 3.46. The van der Waals surface area contributed by atoms with Crippen LogP contribution in [0.3, 0.4) is 0 Å². The zero-order chi connectivity index (χ0) is 15.4. The number of amides is 2. The van der Waals surface area contributed by atoms with E-state index >= 15 is 0 Å². The molecule has 4 nitrogen and oxygen atoms in total. The number of benzene rings is 1. The Balaban J connectivity index is 2.01. The number of ether oxygens (including phenoxy) is 1. The highest BCUT2D eigenvalue weighted by Gasteiger charge is 2.34. The van der Waals surface area contributed by atoms with Crippen molar-refractivity contribution in [3.63, 3.8) is 0 Å². The normalized spacial score (nSPS) is 26.3. The molecule has 0 bridgehead atoms. The molecule has 1 saturated heterocycles. The highest BCUT2D eigenvalue weighted by molar-refractivity contribution is 5.93. The van der Waals surface area contributed by atoms with Gasteiger partial charge in [-0.3, -0.25) is 4.79 Å². The van der Waals surface area contributed by atoms with Crippen molar-refractivity contribution >= 4 is 12.0 Å². The van der Waals surface area contributed by atoms with Crippen molar-refractivity contribution in [3.05, 3.63) is 35.9 Å². The Kier molecular flexibility index (Phi) is 4.99. The molecule has 1 aromatic rings. The molecule has 1 aromatic carbocycles. The standard InChI is InChI=1S/C17H23NO3/c1-12-9-13(2)16(19)18(10-14(12)3)17(20)21-11-15-7-5-4-6-8-15/h4-8,12-14H,9-11H2,1-3H3/t12?,13?,14-/m0/s1. The Morgan fingerprint density at radius 1 is 1.19 bits per heavy atom. The third-order valence-corrected chi connectivity index (χ3v) is 4.28. The van der Waals surface area contributed by atoms with Crippen molar-refractivity contribution in [1.82, 2.24) is 4.90 Å². The Morgan fingerprint density at radius 3 is 2.52 bits per heavy atom. The van der Waals surface area contributed by atoms with Crippen molar-refractivity contribution < 1.29 is 14.3 Å². The summed E-state index contributed by atoms with van der Waals surface area (Å²) >= 11 is 0.